The lowest BCUT2D eigenvalue weighted by Gasteiger charge is -2.35. The molecule has 0 unspecified atom stereocenters. The monoisotopic (exact) mass is 394 g/mol. The van der Waals surface area contributed by atoms with Crippen molar-refractivity contribution < 1.29 is 14.3 Å². The van der Waals surface area contributed by atoms with Gasteiger partial charge in [-0.05, 0) is 31.9 Å². The Labute approximate surface area is 167 Å². The number of ether oxygens (including phenoxy) is 1. The molecular weight excluding hydrogens is 372 g/mol. The van der Waals surface area contributed by atoms with Gasteiger partial charge in [-0.25, -0.2) is 9.36 Å². The fourth-order valence-electron chi connectivity index (χ4n) is 4.64. The molecule has 5 rings (SSSR count). The summed E-state index contributed by atoms with van der Waals surface area (Å²) in [7, 11) is 0. The lowest BCUT2D eigenvalue weighted by Crippen LogP contribution is -2.50. The molecule has 1 saturated carbocycles. The molecule has 1 aliphatic carbocycles. The van der Waals surface area contributed by atoms with E-state index in [9.17, 15) is 9.59 Å². The average Bonchev–Trinajstić information content (AvgIpc) is 3.38. The van der Waals surface area contributed by atoms with Gasteiger partial charge in [0.05, 0.1) is 29.0 Å². The van der Waals surface area contributed by atoms with E-state index < -0.39 is 16.4 Å². The Kier molecular flexibility index (Phi) is 3.48. The number of fused-ring (bicyclic) bond motifs is 3. The topological polar surface area (TPSA) is 104 Å². The van der Waals surface area contributed by atoms with Crippen molar-refractivity contribution in [2.75, 3.05) is 5.32 Å². The van der Waals surface area contributed by atoms with E-state index in [1.165, 1.54) is 0 Å². The molecule has 0 radical (unpaired) electrons. The molecule has 3 heterocycles. The lowest BCUT2D eigenvalue weighted by atomic mass is 9.66. The molecular formula is C20H22N6O3. The summed E-state index contributed by atoms with van der Waals surface area (Å²) < 4.78 is 9.04. The Morgan fingerprint density at radius 3 is 2.76 bits per heavy atom. The van der Waals surface area contributed by atoms with Gasteiger partial charge in [-0.2, -0.15) is 5.10 Å². The van der Waals surface area contributed by atoms with Crippen LogP contribution in [0.2, 0.25) is 0 Å². The number of hydrogen-bond acceptors (Lipinski definition) is 6. The zero-order valence-electron chi connectivity index (χ0n) is 16.5. The molecule has 2 aromatic heterocycles. The van der Waals surface area contributed by atoms with Crippen LogP contribution in [0.25, 0.3) is 11.0 Å². The van der Waals surface area contributed by atoms with Gasteiger partial charge in [-0.15, -0.1) is 5.10 Å². The van der Waals surface area contributed by atoms with E-state index in [1.807, 2.05) is 45.0 Å². The van der Waals surface area contributed by atoms with Crippen LogP contribution in [0.5, 0.6) is 0 Å². The van der Waals surface area contributed by atoms with Crippen molar-refractivity contribution >= 4 is 28.6 Å². The third-order valence-electron chi connectivity index (χ3n) is 7.04. The zero-order valence-corrected chi connectivity index (χ0v) is 16.5. The first-order valence-corrected chi connectivity index (χ1v) is 9.62. The Hall–Kier alpha value is -3.23. The van der Waals surface area contributed by atoms with Gasteiger partial charge in [0, 0.05) is 5.41 Å². The number of amides is 1. The SMILES string of the molecule is CC1(C)[C@@]2(C)CC[C@]1(C(=O)Nc1cnn(Cn3nnc4ccccc43)c1)OC2=O. The number of hydrogen-bond donors (Lipinski definition) is 1. The second-order valence-electron chi connectivity index (χ2n) is 8.62. The molecule has 2 fully saturated rings. The predicted octanol–water partition coefficient (Wildman–Crippen LogP) is 2.19. The molecule has 1 aromatic carbocycles. The van der Waals surface area contributed by atoms with Crippen LogP contribution < -0.4 is 5.32 Å². The first-order chi connectivity index (χ1) is 13.8. The number of esters is 1. The van der Waals surface area contributed by atoms with Gasteiger partial charge >= 0.3 is 5.97 Å². The van der Waals surface area contributed by atoms with E-state index in [0.29, 0.717) is 25.2 Å². The largest absolute Gasteiger partial charge is 0.448 e. The zero-order chi connectivity index (χ0) is 20.4. The van der Waals surface area contributed by atoms with Gasteiger partial charge in [0.25, 0.3) is 5.91 Å². The van der Waals surface area contributed by atoms with E-state index in [2.05, 4.69) is 20.7 Å². The van der Waals surface area contributed by atoms with Crippen molar-refractivity contribution in [3.8, 4) is 0 Å². The Morgan fingerprint density at radius 2 is 2.03 bits per heavy atom. The van der Waals surface area contributed by atoms with E-state index in [4.69, 9.17) is 4.74 Å². The maximum atomic E-state index is 13.1. The summed E-state index contributed by atoms with van der Waals surface area (Å²) in [5.41, 5.74) is -0.122. The summed E-state index contributed by atoms with van der Waals surface area (Å²) in [5.74, 6) is -0.597. The number of rotatable bonds is 4. The number of carbonyl (C=O) groups is 2. The molecule has 2 bridgehead atoms. The third-order valence-corrected chi connectivity index (χ3v) is 7.04. The Balaban J connectivity index is 1.36. The van der Waals surface area contributed by atoms with Crippen LogP contribution in [0, 0.1) is 10.8 Å². The second-order valence-corrected chi connectivity index (χ2v) is 8.62. The highest BCUT2D eigenvalue weighted by Crippen LogP contribution is 2.65. The summed E-state index contributed by atoms with van der Waals surface area (Å²) in [6, 6.07) is 7.67. The van der Waals surface area contributed by atoms with Crippen molar-refractivity contribution in [1.82, 2.24) is 24.8 Å². The van der Waals surface area contributed by atoms with Gasteiger partial charge in [0.2, 0.25) is 0 Å². The minimum atomic E-state index is -1.15. The van der Waals surface area contributed by atoms with Gasteiger partial charge < -0.3 is 10.1 Å². The summed E-state index contributed by atoms with van der Waals surface area (Å²) in [6.07, 6.45) is 4.46. The number of carbonyl (C=O) groups excluding carboxylic acids is 2. The molecule has 1 saturated heterocycles. The lowest BCUT2D eigenvalue weighted by molar-refractivity contribution is -0.165. The van der Waals surface area contributed by atoms with Gasteiger partial charge in [0.1, 0.15) is 12.2 Å². The van der Waals surface area contributed by atoms with E-state index >= 15 is 0 Å². The summed E-state index contributed by atoms with van der Waals surface area (Å²) >= 11 is 0. The first-order valence-electron chi connectivity index (χ1n) is 9.62. The number of nitrogens with one attached hydrogen (secondary N) is 1. The molecule has 2 aliphatic rings. The molecule has 1 N–H and O–H groups in total. The van der Waals surface area contributed by atoms with E-state index in [0.717, 1.165) is 11.0 Å². The molecule has 9 nitrogen and oxygen atoms in total. The standard InChI is InChI=1S/C20H22N6O3/c1-18(2)19(3)8-9-20(18,29-17(19)28)16(27)22-13-10-21-25(11-13)12-26-15-7-5-4-6-14(15)23-24-26/h4-7,10-11H,8-9,12H2,1-3H3,(H,22,27)/t19-,20+/m0/s1. The fourth-order valence-corrected chi connectivity index (χ4v) is 4.64. The van der Waals surface area contributed by atoms with Crippen LogP contribution in [0.1, 0.15) is 33.6 Å². The van der Waals surface area contributed by atoms with E-state index in [-0.39, 0.29) is 11.9 Å². The highest BCUT2D eigenvalue weighted by molar-refractivity contribution is 6.03. The van der Waals surface area contributed by atoms with Crippen LogP contribution in [-0.2, 0) is 21.0 Å². The summed E-state index contributed by atoms with van der Waals surface area (Å²) in [4.78, 5) is 25.5. The van der Waals surface area contributed by atoms with Crippen LogP contribution >= 0.6 is 0 Å². The average molecular weight is 394 g/mol. The second kappa shape index (κ2) is 5.65. The highest BCUT2D eigenvalue weighted by Gasteiger charge is 2.75. The molecule has 2 atom stereocenters. The minimum Gasteiger partial charge on any atom is -0.448 e. The van der Waals surface area contributed by atoms with Gasteiger partial charge in [-0.1, -0.05) is 31.2 Å². The smallest absolute Gasteiger partial charge is 0.313 e. The van der Waals surface area contributed by atoms with Crippen LogP contribution in [0.15, 0.2) is 36.7 Å². The van der Waals surface area contributed by atoms with Gasteiger partial charge in [-0.3, -0.25) is 9.59 Å². The molecule has 9 heteroatoms. The minimum absolute atomic E-state index is 0.294. The number of nitrogens with zero attached hydrogens (tertiary/aromatic N) is 5. The Morgan fingerprint density at radius 1 is 1.24 bits per heavy atom. The molecule has 0 spiro atoms. The number of para-hydroxylation sites is 1. The number of benzene rings is 1. The van der Waals surface area contributed by atoms with Gasteiger partial charge in [0.15, 0.2) is 5.60 Å². The highest BCUT2D eigenvalue weighted by atomic mass is 16.6. The van der Waals surface area contributed by atoms with Crippen molar-refractivity contribution in [1.29, 1.82) is 0 Å². The number of aromatic nitrogens is 5. The predicted molar refractivity (Wildman–Crippen MR) is 104 cm³/mol. The molecule has 29 heavy (non-hydrogen) atoms. The van der Waals surface area contributed by atoms with Crippen molar-refractivity contribution in [2.45, 2.75) is 45.9 Å². The molecule has 3 aromatic rings. The summed E-state index contributed by atoms with van der Waals surface area (Å²) in [6.45, 7) is 6.12. The Bertz CT molecular complexity index is 1150. The fraction of sp³-hybridized carbons (Fsp3) is 0.450. The quantitative estimate of drug-likeness (QED) is 0.681. The normalized spacial score (nSPS) is 27.3. The van der Waals surface area contributed by atoms with E-state index in [1.54, 1.807) is 21.8 Å². The number of anilines is 1. The molecule has 150 valence electrons. The first kappa shape index (κ1) is 17.8. The maximum absolute atomic E-state index is 13.1. The molecule has 1 amide bonds. The summed E-state index contributed by atoms with van der Waals surface area (Å²) in [5, 5.41) is 15.5. The maximum Gasteiger partial charge on any atom is 0.313 e. The third kappa shape index (κ3) is 2.24. The van der Waals surface area contributed by atoms with Crippen LogP contribution in [0.3, 0.4) is 0 Å². The van der Waals surface area contributed by atoms with Crippen molar-refractivity contribution in [3.63, 3.8) is 0 Å². The van der Waals surface area contributed by atoms with Crippen molar-refractivity contribution in [3.05, 3.63) is 36.7 Å². The van der Waals surface area contributed by atoms with Crippen LogP contribution in [0.4, 0.5) is 5.69 Å². The van der Waals surface area contributed by atoms with Crippen LogP contribution in [-0.4, -0.2) is 42.3 Å². The molecule has 1 aliphatic heterocycles. The van der Waals surface area contributed by atoms with Crippen molar-refractivity contribution in [2.24, 2.45) is 10.8 Å².